The number of carbonyl (C=O) groups is 11. The molecule has 26 heteroatoms. The van der Waals surface area contributed by atoms with Crippen LogP contribution in [-0.2, 0) is 72.0 Å². The molecule has 0 aliphatic rings. The van der Waals surface area contributed by atoms with Crippen molar-refractivity contribution in [2.45, 2.75) is 152 Å². The van der Waals surface area contributed by atoms with Gasteiger partial charge < -0.3 is 75.9 Å². The predicted molar refractivity (Wildman–Crippen MR) is 322 cm³/mol. The summed E-state index contributed by atoms with van der Waals surface area (Å²) in [6, 6.07) is 14.1. The minimum absolute atomic E-state index is 0.0713. The summed E-state index contributed by atoms with van der Waals surface area (Å²) in [7, 11) is 0. The molecule has 85 heavy (non-hydrogen) atoms. The second-order valence-corrected chi connectivity index (χ2v) is 22.1. The molecule has 0 aliphatic heterocycles. The van der Waals surface area contributed by atoms with Crippen LogP contribution in [0.5, 0.6) is 0 Å². The van der Waals surface area contributed by atoms with E-state index in [0.29, 0.717) is 48.3 Å². The molecular weight excluding hydrogens is 1110 g/mol. The number of primary amides is 1. The summed E-state index contributed by atoms with van der Waals surface area (Å²) < 4.78 is 0. The van der Waals surface area contributed by atoms with E-state index < -0.39 is 132 Å². The first-order valence-corrected chi connectivity index (χ1v) is 29.9. The number of nitrogens with one attached hydrogen (secondary N) is 9. The zero-order chi connectivity index (χ0) is 62.8. The fourth-order valence-electron chi connectivity index (χ4n) is 8.78. The highest BCUT2D eigenvalue weighted by atomic mass is 32.2. The zero-order valence-electron chi connectivity index (χ0n) is 48.9. The van der Waals surface area contributed by atoms with Crippen LogP contribution in [0, 0.1) is 5.92 Å². The minimum Gasteiger partial charge on any atom is -0.481 e. The number of amides is 10. The number of hydrogen-bond acceptors (Lipinski definition) is 15. The Labute approximate surface area is 501 Å². The molecule has 9 atom stereocenters. The fraction of sp³-hybridized carbons (Fsp3) is 0.508. The van der Waals surface area contributed by atoms with Crippen LogP contribution in [-0.4, -0.2) is 156 Å². The van der Waals surface area contributed by atoms with Gasteiger partial charge in [-0.15, -0.1) is 0 Å². The number of unbranched alkanes of at least 4 members (excludes halogenated alkanes) is 2. The highest BCUT2D eigenvalue weighted by Gasteiger charge is 2.35. The lowest BCUT2D eigenvalue weighted by molar-refractivity contribution is -0.141. The summed E-state index contributed by atoms with van der Waals surface area (Å²) in [6.45, 7) is 5.00. The van der Waals surface area contributed by atoms with Crippen molar-refractivity contribution in [3.63, 3.8) is 0 Å². The number of carboxylic acids is 1. The molecule has 0 aromatic heterocycles. The van der Waals surface area contributed by atoms with Gasteiger partial charge in [-0.25, -0.2) is 0 Å². The van der Waals surface area contributed by atoms with E-state index in [0.717, 1.165) is 0 Å². The van der Waals surface area contributed by atoms with Gasteiger partial charge in [0.05, 0.1) is 19.0 Å². The van der Waals surface area contributed by atoms with Crippen LogP contribution < -0.4 is 70.8 Å². The Balaban J connectivity index is 1.94. The number of carbonyl (C=O) groups excluding carboxylic acids is 10. The molecule has 18 N–H and O–H groups in total. The van der Waals surface area contributed by atoms with Gasteiger partial charge in [-0.2, -0.15) is 11.8 Å². The second kappa shape index (κ2) is 38.8. The van der Waals surface area contributed by atoms with E-state index in [2.05, 4.69) is 47.9 Å². The molecule has 0 aliphatic carbocycles. The number of nitrogens with two attached hydrogens (primary N) is 4. The van der Waals surface area contributed by atoms with E-state index in [1.807, 2.05) is 20.1 Å². The third-order valence-corrected chi connectivity index (χ3v) is 14.0. The smallest absolute Gasteiger partial charge is 0.305 e. The van der Waals surface area contributed by atoms with Crippen LogP contribution in [0.3, 0.4) is 0 Å². The SMILES string of the molecule is CSCC[C@H](NC(=O)[C@H](CC(C)C)NC(=O)CNC(=O)[C@H](Cc1ccccc1)NC(=O)[C@H](Cc1ccccc1)NC(=O)[C@H](CCCCN)NC(=O)[C@H](CC(=O)O)NC(=O)[C@H](Cc1ccccc1)NC(=O)[C@H](CCCCN)NC(=O)[C@H](C)N)C(N)=O. The molecule has 0 bridgehead atoms. The lowest BCUT2D eigenvalue weighted by Gasteiger charge is -2.28. The number of rotatable bonds is 40. The Morgan fingerprint density at radius 3 is 1.21 bits per heavy atom. The molecule has 0 fully saturated rings. The average Bonchev–Trinajstić information content (AvgIpc) is 3.67. The van der Waals surface area contributed by atoms with Gasteiger partial charge in [0.15, 0.2) is 0 Å². The molecule has 10 amide bonds. The first-order chi connectivity index (χ1) is 40.5. The Kier molecular flexibility index (Phi) is 32.6. The van der Waals surface area contributed by atoms with Crippen molar-refractivity contribution in [3.8, 4) is 0 Å². The summed E-state index contributed by atoms with van der Waals surface area (Å²) in [5.74, 6) is -9.14. The molecule has 0 radical (unpaired) electrons. The van der Waals surface area contributed by atoms with E-state index in [9.17, 15) is 57.8 Å². The highest BCUT2D eigenvalue weighted by Crippen LogP contribution is 2.13. The molecule has 466 valence electrons. The molecule has 3 rings (SSSR count). The van der Waals surface area contributed by atoms with Crippen molar-refractivity contribution in [3.05, 3.63) is 108 Å². The molecule has 0 saturated heterocycles. The summed E-state index contributed by atoms with van der Waals surface area (Å²) >= 11 is 1.46. The lowest BCUT2D eigenvalue weighted by Crippen LogP contribution is -2.60. The van der Waals surface area contributed by atoms with Crippen LogP contribution in [0.15, 0.2) is 91.0 Å². The van der Waals surface area contributed by atoms with Crippen LogP contribution >= 0.6 is 11.8 Å². The number of hydrogen-bond donors (Lipinski definition) is 14. The van der Waals surface area contributed by atoms with Gasteiger partial charge in [-0.1, -0.05) is 105 Å². The standard InChI is InChI=1S/C59H87N13O12S/c1-36(2)30-44(56(81)66-41(51(63)76)26-29-85-4)65-49(73)35-64-53(78)45(31-38-18-8-5-9-19-38)69-57(82)46(32-39-20-10-6-11-21-39)71-55(80)43(25-15-17-28-61)68-59(84)48(34-50(74)75)72-58(83)47(33-40-22-12-7-13-23-40)70-54(79)42(24-14-16-27-60)67-52(77)37(3)62/h5-13,18-23,36-37,41-48H,14-17,24-35,60-62H2,1-4H3,(H2,63,76)(H,64,78)(H,65,73)(H,66,81)(H,67,77)(H,68,84)(H,69,82)(H,70,79)(H,71,80)(H,72,83)(H,74,75)/t37-,41-,42-,43-,44-,45-,46-,47-,48-/m0/s1. The van der Waals surface area contributed by atoms with Gasteiger partial charge in [-0.05, 0) is 106 Å². The lowest BCUT2D eigenvalue weighted by atomic mass is 10.0. The van der Waals surface area contributed by atoms with Gasteiger partial charge in [0, 0.05) is 19.3 Å². The average molecular weight is 1200 g/mol. The first-order valence-electron chi connectivity index (χ1n) is 28.5. The molecule has 25 nitrogen and oxygen atoms in total. The van der Waals surface area contributed by atoms with E-state index >= 15 is 0 Å². The maximum Gasteiger partial charge on any atom is 0.305 e. The Bertz CT molecular complexity index is 2640. The van der Waals surface area contributed by atoms with Gasteiger partial charge >= 0.3 is 5.97 Å². The monoisotopic (exact) mass is 1200 g/mol. The highest BCUT2D eigenvalue weighted by molar-refractivity contribution is 7.98. The Morgan fingerprint density at radius 2 is 0.824 bits per heavy atom. The molecule has 0 unspecified atom stereocenters. The first kappa shape index (κ1) is 71.3. The van der Waals surface area contributed by atoms with Crippen molar-refractivity contribution in [1.82, 2.24) is 47.9 Å². The summed E-state index contributed by atoms with van der Waals surface area (Å²) in [5, 5.41) is 33.6. The molecular formula is C59H87N13O12S. The van der Waals surface area contributed by atoms with Crippen LogP contribution in [0.1, 0.15) is 95.2 Å². The predicted octanol–water partition coefficient (Wildman–Crippen LogP) is -0.927. The van der Waals surface area contributed by atoms with Gasteiger partial charge in [-0.3, -0.25) is 52.7 Å². The van der Waals surface area contributed by atoms with E-state index in [-0.39, 0.29) is 63.8 Å². The van der Waals surface area contributed by atoms with Gasteiger partial charge in [0.2, 0.25) is 59.1 Å². The number of benzene rings is 3. The van der Waals surface area contributed by atoms with Crippen LogP contribution in [0.25, 0.3) is 0 Å². The normalized spacial score (nSPS) is 14.2. The zero-order valence-corrected chi connectivity index (χ0v) is 49.7. The quantitative estimate of drug-likeness (QED) is 0.0306. The van der Waals surface area contributed by atoms with Crippen LogP contribution in [0.4, 0.5) is 0 Å². The molecule has 0 saturated carbocycles. The second-order valence-electron chi connectivity index (χ2n) is 21.1. The third-order valence-electron chi connectivity index (χ3n) is 13.4. The van der Waals surface area contributed by atoms with Crippen molar-refractivity contribution in [2.75, 3.05) is 31.6 Å². The van der Waals surface area contributed by atoms with Gasteiger partial charge in [0.25, 0.3) is 0 Å². The fourth-order valence-corrected chi connectivity index (χ4v) is 9.25. The topological polar surface area (TPSA) is 420 Å². The van der Waals surface area contributed by atoms with Crippen molar-refractivity contribution in [1.29, 1.82) is 0 Å². The van der Waals surface area contributed by atoms with E-state index in [4.69, 9.17) is 22.9 Å². The number of thioether (sulfide) groups is 1. The van der Waals surface area contributed by atoms with Crippen molar-refractivity contribution < 1.29 is 57.8 Å². The third kappa shape index (κ3) is 27.5. The van der Waals surface area contributed by atoms with Crippen molar-refractivity contribution in [2.24, 2.45) is 28.9 Å². The number of aliphatic carboxylic acids is 1. The van der Waals surface area contributed by atoms with Crippen molar-refractivity contribution >= 4 is 76.8 Å². The summed E-state index contributed by atoms with van der Waals surface area (Å²) in [4.78, 5) is 150. The molecule has 3 aromatic rings. The van der Waals surface area contributed by atoms with Gasteiger partial charge in [0.1, 0.15) is 48.3 Å². The molecule has 3 aromatic carbocycles. The Morgan fingerprint density at radius 1 is 0.459 bits per heavy atom. The molecule has 0 spiro atoms. The van der Waals surface area contributed by atoms with E-state index in [1.54, 1.807) is 91.0 Å². The van der Waals surface area contributed by atoms with E-state index in [1.165, 1.54) is 18.7 Å². The largest absolute Gasteiger partial charge is 0.481 e. The van der Waals surface area contributed by atoms with Crippen LogP contribution in [0.2, 0.25) is 0 Å². The minimum atomic E-state index is -1.83. The maximum atomic E-state index is 14.6. The maximum absolute atomic E-state index is 14.6. The Hall–Kier alpha value is -7.94. The molecule has 0 heterocycles. The summed E-state index contributed by atoms with van der Waals surface area (Å²) in [6.07, 6.45) is 2.65. The number of carboxylic acid groups (broad SMARTS) is 1. The summed E-state index contributed by atoms with van der Waals surface area (Å²) in [5.41, 5.74) is 24.6.